The molecule has 0 spiro atoms. The Hall–Kier alpha value is -1.65. The first-order valence-electron chi connectivity index (χ1n) is 8.48. The molecule has 1 heterocycles. The van der Waals surface area contributed by atoms with Crippen molar-refractivity contribution in [2.24, 2.45) is 5.92 Å². The van der Waals surface area contributed by atoms with Crippen LogP contribution in [-0.2, 0) is 6.54 Å². The van der Waals surface area contributed by atoms with Gasteiger partial charge in [-0.1, -0.05) is 35.0 Å². The summed E-state index contributed by atoms with van der Waals surface area (Å²) in [6.45, 7) is 5.64. The van der Waals surface area contributed by atoms with Gasteiger partial charge < -0.3 is 5.32 Å². The molecule has 4 heteroatoms. The zero-order chi connectivity index (χ0) is 16.9. The van der Waals surface area contributed by atoms with Crippen LogP contribution in [0.1, 0.15) is 35.7 Å². The topological polar surface area (TPSA) is 32.3 Å². The van der Waals surface area contributed by atoms with Crippen LogP contribution in [0, 0.1) is 5.92 Å². The Bertz CT molecular complexity index is 682. The number of amides is 1. The molecule has 1 aliphatic rings. The first-order chi connectivity index (χ1) is 11.6. The summed E-state index contributed by atoms with van der Waals surface area (Å²) in [6.07, 6.45) is 2.63. The van der Waals surface area contributed by atoms with Crippen molar-refractivity contribution in [1.29, 1.82) is 0 Å². The molecular weight excluding hydrogens is 364 g/mol. The fourth-order valence-electron chi connectivity index (χ4n) is 3.19. The van der Waals surface area contributed by atoms with Gasteiger partial charge in [0, 0.05) is 28.8 Å². The molecule has 3 nitrogen and oxygen atoms in total. The number of carbonyl (C=O) groups is 1. The Morgan fingerprint density at radius 3 is 2.54 bits per heavy atom. The number of likely N-dealkylation sites (tertiary alicyclic amines) is 1. The Balaban J connectivity index is 1.59. The van der Waals surface area contributed by atoms with Crippen LogP contribution >= 0.6 is 15.9 Å². The lowest BCUT2D eigenvalue weighted by Gasteiger charge is -2.30. The van der Waals surface area contributed by atoms with E-state index in [0.29, 0.717) is 5.56 Å². The molecule has 0 saturated carbocycles. The molecule has 0 aliphatic carbocycles. The van der Waals surface area contributed by atoms with Gasteiger partial charge in [0.05, 0.1) is 0 Å². The van der Waals surface area contributed by atoms with Crippen LogP contribution in [0.25, 0.3) is 0 Å². The summed E-state index contributed by atoms with van der Waals surface area (Å²) in [5.41, 5.74) is 2.76. The van der Waals surface area contributed by atoms with E-state index in [1.165, 1.54) is 31.5 Å². The third kappa shape index (κ3) is 4.68. The lowest BCUT2D eigenvalue weighted by Crippen LogP contribution is -2.33. The highest BCUT2D eigenvalue weighted by atomic mass is 79.9. The monoisotopic (exact) mass is 386 g/mol. The average molecular weight is 387 g/mol. The van der Waals surface area contributed by atoms with Gasteiger partial charge in [-0.15, -0.1) is 0 Å². The highest BCUT2D eigenvalue weighted by molar-refractivity contribution is 9.10. The number of piperidine rings is 1. The molecule has 1 aliphatic heterocycles. The highest BCUT2D eigenvalue weighted by Gasteiger charge is 2.16. The summed E-state index contributed by atoms with van der Waals surface area (Å²) in [7, 11) is 0. The molecule has 2 aromatic rings. The number of benzene rings is 2. The van der Waals surface area contributed by atoms with Crippen LogP contribution in [0.4, 0.5) is 5.69 Å². The summed E-state index contributed by atoms with van der Waals surface area (Å²) < 4.78 is 0.997. The zero-order valence-corrected chi connectivity index (χ0v) is 15.6. The van der Waals surface area contributed by atoms with Crippen LogP contribution in [0.2, 0.25) is 0 Å². The molecular formula is C20H23BrN2O. The third-order valence-corrected chi connectivity index (χ3v) is 4.99. The van der Waals surface area contributed by atoms with E-state index in [9.17, 15) is 4.79 Å². The molecule has 1 atom stereocenters. The smallest absolute Gasteiger partial charge is 0.255 e. The minimum absolute atomic E-state index is 0.0736. The predicted octanol–water partition coefficient (Wildman–Crippen LogP) is 4.93. The van der Waals surface area contributed by atoms with Crippen molar-refractivity contribution < 1.29 is 4.79 Å². The molecule has 24 heavy (non-hydrogen) atoms. The number of halogens is 1. The Morgan fingerprint density at radius 2 is 1.88 bits per heavy atom. The fourth-order valence-corrected chi connectivity index (χ4v) is 3.45. The van der Waals surface area contributed by atoms with Gasteiger partial charge in [0.15, 0.2) is 0 Å². The summed E-state index contributed by atoms with van der Waals surface area (Å²) >= 11 is 3.39. The van der Waals surface area contributed by atoms with E-state index < -0.39 is 0 Å². The molecule has 1 saturated heterocycles. The standard InChI is InChI=1S/C20H23BrN2O/c1-15-3-2-12-23(13-15)14-16-4-6-17(7-5-16)20(24)22-19-10-8-18(21)9-11-19/h4-11,15H,2-3,12-14H2,1H3,(H,22,24)/t15-/m1/s1. The van der Waals surface area contributed by atoms with E-state index in [2.05, 4.69) is 45.2 Å². The number of rotatable bonds is 4. The molecule has 3 rings (SSSR count). The second kappa shape index (κ2) is 7.95. The van der Waals surface area contributed by atoms with E-state index in [1.807, 2.05) is 36.4 Å². The SMILES string of the molecule is C[C@@H]1CCCN(Cc2ccc(C(=O)Nc3ccc(Br)cc3)cc2)C1. The van der Waals surface area contributed by atoms with E-state index in [-0.39, 0.29) is 5.91 Å². The van der Waals surface area contributed by atoms with Gasteiger partial charge in [-0.3, -0.25) is 9.69 Å². The molecule has 2 aromatic carbocycles. The van der Waals surface area contributed by atoms with Crippen LogP contribution in [-0.4, -0.2) is 23.9 Å². The van der Waals surface area contributed by atoms with Crippen molar-refractivity contribution in [3.8, 4) is 0 Å². The molecule has 1 fully saturated rings. The minimum atomic E-state index is -0.0736. The van der Waals surface area contributed by atoms with Crippen LogP contribution in [0.15, 0.2) is 53.0 Å². The van der Waals surface area contributed by atoms with Gasteiger partial charge >= 0.3 is 0 Å². The minimum Gasteiger partial charge on any atom is -0.322 e. The second-order valence-corrected chi connectivity index (χ2v) is 7.56. The number of nitrogens with zero attached hydrogens (tertiary/aromatic N) is 1. The number of anilines is 1. The highest BCUT2D eigenvalue weighted by Crippen LogP contribution is 2.19. The van der Waals surface area contributed by atoms with Crippen molar-refractivity contribution in [2.45, 2.75) is 26.3 Å². The van der Waals surface area contributed by atoms with Gasteiger partial charge in [-0.05, 0) is 67.3 Å². The summed E-state index contributed by atoms with van der Waals surface area (Å²) in [5, 5.41) is 2.92. The van der Waals surface area contributed by atoms with Gasteiger partial charge in [-0.2, -0.15) is 0 Å². The largest absolute Gasteiger partial charge is 0.322 e. The van der Waals surface area contributed by atoms with Crippen molar-refractivity contribution >= 4 is 27.5 Å². The molecule has 0 aromatic heterocycles. The number of hydrogen-bond donors (Lipinski definition) is 1. The maximum atomic E-state index is 12.3. The van der Waals surface area contributed by atoms with E-state index in [1.54, 1.807) is 0 Å². The number of nitrogens with one attached hydrogen (secondary N) is 1. The van der Waals surface area contributed by atoms with Crippen LogP contribution < -0.4 is 5.32 Å². The van der Waals surface area contributed by atoms with Crippen molar-refractivity contribution in [3.05, 3.63) is 64.1 Å². The molecule has 0 unspecified atom stereocenters. The third-order valence-electron chi connectivity index (χ3n) is 4.47. The summed E-state index contributed by atoms with van der Waals surface area (Å²) in [4.78, 5) is 14.8. The molecule has 0 radical (unpaired) electrons. The van der Waals surface area contributed by atoms with Crippen molar-refractivity contribution in [3.63, 3.8) is 0 Å². The van der Waals surface area contributed by atoms with Crippen LogP contribution in [0.5, 0.6) is 0 Å². The number of carbonyl (C=O) groups excluding carboxylic acids is 1. The maximum absolute atomic E-state index is 12.3. The Kier molecular flexibility index (Phi) is 5.69. The van der Waals surface area contributed by atoms with Crippen LogP contribution in [0.3, 0.4) is 0 Å². The molecule has 126 valence electrons. The van der Waals surface area contributed by atoms with Crippen molar-refractivity contribution in [2.75, 3.05) is 18.4 Å². The van der Waals surface area contributed by atoms with Gasteiger partial charge in [-0.25, -0.2) is 0 Å². The molecule has 0 bridgehead atoms. The first kappa shape index (κ1) is 17.2. The van der Waals surface area contributed by atoms with Gasteiger partial charge in [0.25, 0.3) is 5.91 Å². The van der Waals surface area contributed by atoms with E-state index in [0.717, 1.165) is 22.6 Å². The first-order valence-corrected chi connectivity index (χ1v) is 9.27. The normalized spacial score (nSPS) is 18.3. The Morgan fingerprint density at radius 1 is 1.17 bits per heavy atom. The second-order valence-electron chi connectivity index (χ2n) is 6.64. The summed E-state index contributed by atoms with van der Waals surface area (Å²) in [5.74, 6) is 0.713. The van der Waals surface area contributed by atoms with Gasteiger partial charge in [0.2, 0.25) is 0 Å². The molecule has 1 amide bonds. The van der Waals surface area contributed by atoms with Crippen molar-refractivity contribution in [1.82, 2.24) is 4.90 Å². The lowest BCUT2D eigenvalue weighted by molar-refractivity contribution is 0.102. The van der Waals surface area contributed by atoms with E-state index in [4.69, 9.17) is 0 Å². The Labute approximate surface area is 152 Å². The quantitative estimate of drug-likeness (QED) is 0.807. The molecule has 1 N–H and O–H groups in total. The summed E-state index contributed by atoms with van der Waals surface area (Å²) in [6, 6.07) is 15.6. The fraction of sp³-hybridized carbons (Fsp3) is 0.350. The average Bonchev–Trinajstić information content (AvgIpc) is 2.57. The zero-order valence-electron chi connectivity index (χ0n) is 14.0. The maximum Gasteiger partial charge on any atom is 0.255 e. The number of hydrogen-bond acceptors (Lipinski definition) is 2. The van der Waals surface area contributed by atoms with Gasteiger partial charge in [0.1, 0.15) is 0 Å². The van der Waals surface area contributed by atoms with E-state index >= 15 is 0 Å². The predicted molar refractivity (Wildman–Crippen MR) is 102 cm³/mol. The lowest BCUT2D eigenvalue weighted by atomic mass is 9.99.